The Morgan fingerprint density at radius 1 is 1.00 bits per heavy atom. The van der Waals surface area contributed by atoms with Crippen LogP contribution in [0.5, 0.6) is 11.5 Å². The molecular formula is C21H31BO6. The van der Waals surface area contributed by atoms with Gasteiger partial charge in [-0.15, -0.1) is 0 Å². The van der Waals surface area contributed by atoms with Crippen LogP contribution in [0.15, 0.2) is 12.1 Å². The van der Waals surface area contributed by atoms with Crippen LogP contribution >= 0.6 is 0 Å². The molecule has 2 fully saturated rings. The van der Waals surface area contributed by atoms with E-state index in [1.807, 2.05) is 19.9 Å². The number of benzene rings is 1. The van der Waals surface area contributed by atoms with Crippen LogP contribution in [-0.2, 0) is 25.4 Å². The van der Waals surface area contributed by atoms with Crippen LogP contribution in [0.25, 0.3) is 0 Å². The largest absolute Gasteiger partial charge is 0.496 e. The van der Waals surface area contributed by atoms with Gasteiger partial charge in [0.2, 0.25) is 5.79 Å². The van der Waals surface area contributed by atoms with Crippen molar-refractivity contribution in [2.24, 2.45) is 0 Å². The van der Waals surface area contributed by atoms with E-state index in [-0.39, 0.29) is 30.1 Å². The SMILES string of the molecule is COc1ccc([C@H]2COC[C@H]2B2OC(C)(C)C(C)(C)O2)c2c1COC(C)(C)O2. The Morgan fingerprint density at radius 3 is 2.32 bits per heavy atom. The summed E-state index contributed by atoms with van der Waals surface area (Å²) >= 11 is 0. The van der Waals surface area contributed by atoms with E-state index in [1.165, 1.54) is 0 Å². The molecule has 0 N–H and O–H groups in total. The molecular weight excluding hydrogens is 359 g/mol. The van der Waals surface area contributed by atoms with Gasteiger partial charge in [-0.1, -0.05) is 6.07 Å². The lowest BCUT2D eigenvalue weighted by Gasteiger charge is -2.36. The molecule has 1 aromatic rings. The average molecular weight is 390 g/mol. The first-order valence-corrected chi connectivity index (χ1v) is 10.0. The monoisotopic (exact) mass is 390 g/mol. The maximum atomic E-state index is 6.34. The Bertz CT molecular complexity index is 744. The number of fused-ring (bicyclic) bond motifs is 1. The Labute approximate surface area is 167 Å². The van der Waals surface area contributed by atoms with Crippen molar-refractivity contribution in [2.45, 2.75) is 76.9 Å². The van der Waals surface area contributed by atoms with Crippen LogP contribution in [0, 0.1) is 0 Å². The molecule has 0 aromatic heterocycles. The zero-order valence-corrected chi connectivity index (χ0v) is 18.0. The smallest absolute Gasteiger partial charge is 0.464 e. The van der Waals surface area contributed by atoms with Crippen molar-refractivity contribution in [3.8, 4) is 11.5 Å². The molecule has 2 saturated heterocycles. The molecule has 3 heterocycles. The molecule has 0 spiro atoms. The van der Waals surface area contributed by atoms with Gasteiger partial charge in [0.15, 0.2) is 0 Å². The highest BCUT2D eigenvalue weighted by Gasteiger charge is 2.56. The minimum absolute atomic E-state index is 0.0908. The lowest BCUT2D eigenvalue weighted by molar-refractivity contribution is -0.181. The van der Waals surface area contributed by atoms with Gasteiger partial charge in [0.1, 0.15) is 11.5 Å². The number of hydrogen-bond donors (Lipinski definition) is 0. The van der Waals surface area contributed by atoms with Gasteiger partial charge in [0.05, 0.1) is 37.1 Å². The number of methoxy groups -OCH3 is 1. The molecule has 0 amide bonds. The minimum atomic E-state index is -0.687. The minimum Gasteiger partial charge on any atom is -0.496 e. The topological polar surface area (TPSA) is 55.4 Å². The fourth-order valence-electron chi connectivity index (χ4n) is 4.11. The van der Waals surface area contributed by atoms with Gasteiger partial charge in [-0.2, -0.15) is 0 Å². The van der Waals surface area contributed by atoms with Crippen molar-refractivity contribution in [3.05, 3.63) is 23.3 Å². The normalized spacial score (nSPS) is 30.0. The van der Waals surface area contributed by atoms with Gasteiger partial charge < -0.3 is 28.3 Å². The van der Waals surface area contributed by atoms with Crippen LogP contribution in [0.1, 0.15) is 58.6 Å². The molecule has 154 valence electrons. The van der Waals surface area contributed by atoms with Gasteiger partial charge in [0, 0.05) is 37.8 Å². The first-order valence-electron chi connectivity index (χ1n) is 10.0. The maximum absolute atomic E-state index is 6.34. The summed E-state index contributed by atoms with van der Waals surface area (Å²) < 4.78 is 36.2. The van der Waals surface area contributed by atoms with Gasteiger partial charge in [-0.25, -0.2) is 0 Å². The predicted molar refractivity (Wildman–Crippen MR) is 106 cm³/mol. The number of hydrogen-bond acceptors (Lipinski definition) is 6. The summed E-state index contributed by atoms with van der Waals surface area (Å²) in [5.74, 6) is 1.14. The standard InChI is InChI=1S/C21H31BO6/c1-19(2)20(3,4)28-22(27-19)16-12-24-10-14(16)13-8-9-17(23-7)15-11-25-21(5,6)26-18(13)15/h8-9,14,16H,10-12H2,1-7H3/t14-,16-/m1/s1. The first kappa shape index (κ1) is 20.0. The van der Waals surface area contributed by atoms with Crippen LogP contribution in [0.4, 0.5) is 0 Å². The first-order chi connectivity index (χ1) is 13.0. The number of ether oxygens (including phenoxy) is 4. The molecule has 0 unspecified atom stereocenters. The van der Waals surface area contributed by atoms with E-state index in [9.17, 15) is 0 Å². The fourth-order valence-corrected chi connectivity index (χ4v) is 4.11. The lowest BCUT2D eigenvalue weighted by atomic mass is 9.64. The summed E-state index contributed by atoms with van der Waals surface area (Å²) in [4.78, 5) is 0. The Hall–Kier alpha value is -1.28. The predicted octanol–water partition coefficient (Wildman–Crippen LogP) is 3.92. The van der Waals surface area contributed by atoms with E-state index in [1.54, 1.807) is 7.11 Å². The molecule has 0 bridgehead atoms. The van der Waals surface area contributed by atoms with Crippen LogP contribution in [-0.4, -0.2) is 44.4 Å². The van der Waals surface area contributed by atoms with E-state index in [4.69, 9.17) is 28.3 Å². The number of rotatable bonds is 3. The van der Waals surface area contributed by atoms with Crippen molar-refractivity contribution >= 4 is 7.12 Å². The van der Waals surface area contributed by atoms with Crippen LogP contribution in [0.3, 0.4) is 0 Å². The molecule has 7 heteroatoms. The maximum Gasteiger partial charge on any atom is 0.464 e. The summed E-state index contributed by atoms with van der Waals surface area (Å²) in [5, 5.41) is 0. The zero-order chi connectivity index (χ0) is 20.3. The summed E-state index contributed by atoms with van der Waals surface area (Å²) in [6, 6.07) is 4.06. The lowest BCUT2D eigenvalue weighted by Crippen LogP contribution is -2.41. The summed E-state index contributed by atoms with van der Waals surface area (Å²) in [6.07, 6.45) is 0. The average Bonchev–Trinajstić information content (AvgIpc) is 3.15. The molecule has 4 rings (SSSR count). The fraction of sp³-hybridized carbons (Fsp3) is 0.714. The molecule has 1 aromatic carbocycles. The van der Waals surface area contributed by atoms with E-state index in [2.05, 4.69) is 33.8 Å². The molecule has 0 saturated carbocycles. The molecule has 2 atom stereocenters. The Kier molecular flexibility index (Phi) is 4.74. The molecule has 6 nitrogen and oxygen atoms in total. The zero-order valence-electron chi connectivity index (χ0n) is 18.0. The van der Waals surface area contributed by atoms with E-state index >= 15 is 0 Å². The highest BCUT2D eigenvalue weighted by Crippen LogP contribution is 2.50. The quantitative estimate of drug-likeness (QED) is 0.730. The Morgan fingerprint density at radius 2 is 1.68 bits per heavy atom. The van der Waals surface area contributed by atoms with Gasteiger partial charge in [-0.05, 0) is 33.8 Å². The van der Waals surface area contributed by atoms with Crippen molar-refractivity contribution in [1.29, 1.82) is 0 Å². The molecule has 3 aliphatic rings. The third kappa shape index (κ3) is 3.22. The van der Waals surface area contributed by atoms with Crippen molar-refractivity contribution < 1.29 is 28.3 Å². The molecule has 3 aliphatic heterocycles. The van der Waals surface area contributed by atoms with Gasteiger partial charge >= 0.3 is 7.12 Å². The second kappa shape index (κ2) is 6.62. The van der Waals surface area contributed by atoms with Crippen molar-refractivity contribution in [2.75, 3.05) is 20.3 Å². The van der Waals surface area contributed by atoms with Crippen molar-refractivity contribution in [1.82, 2.24) is 0 Å². The van der Waals surface area contributed by atoms with Crippen molar-refractivity contribution in [3.63, 3.8) is 0 Å². The highest BCUT2D eigenvalue weighted by molar-refractivity contribution is 6.48. The highest BCUT2D eigenvalue weighted by atomic mass is 16.7. The molecule has 0 aliphatic carbocycles. The van der Waals surface area contributed by atoms with Crippen LogP contribution < -0.4 is 9.47 Å². The third-order valence-electron chi connectivity index (χ3n) is 6.52. The summed E-state index contributed by atoms with van der Waals surface area (Å²) in [5.41, 5.74) is 1.32. The van der Waals surface area contributed by atoms with E-state index in [0.29, 0.717) is 19.8 Å². The van der Waals surface area contributed by atoms with Gasteiger partial charge in [-0.3, -0.25) is 0 Å². The van der Waals surface area contributed by atoms with Gasteiger partial charge in [0.25, 0.3) is 0 Å². The second-order valence-electron chi connectivity index (χ2n) is 9.39. The summed E-state index contributed by atoms with van der Waals surface area (Å²) in [6.45, 7) is 13.8. The van der Waals surface area contributed by atoms with Crippen LogP contribution in [0.2, 0.25) is 5.82 Å². The summed E-state index contributed by atoms with van der Waals surface area (Å²) in [7, 11) is 1.35. The van der Waals surface area contributed by atoms with E-state index < -0.39 is 5.79 Å². The third-order valence-corrected chi connectivity index (χ3v) is 6.52. The Balaban J connectivity index is 1.69. The molecule has 28 heavy (non-hydrogen) atoms. The second-order valence-corrected chi connectivity index (χ2v) is 9.39. The van der Waals surface area contributed by atoms with E-state index in [0.717, 1.165) is 22.6 Å². The molecule has 0 radical (unpaired) electrons.